The summed E-state index contributed by atoms with van der Waals surface area (Å²) in [4.78, 5) is 49.0. The summed E-state index contributed by atoms with van der Waals surface area (Å²) in [5.41, 5.74) is 2.87. The van der Waals surface area contributed by atoms with Gasteiger partial charge in [-0.1, -0.05) is 102 Å². The van der Waals surface area contributed by atoms with Crippen molar-refractivity contribution in [1.29, 1.82) is 0 Å². The van der Waals surface area contributed by atoms with Gasteiger partial charge in [0.2, 0.25) is 0 Å². The molecule has 0 saturated heterocycles. The molecule has 0 saturated carbocycles. The van der Waals surface area contributed by atoms with Crippen LogP contribution >= 0.6 is 0 Å². The maximum Gasteiger partial charge on any atom is 0.343 e. The summed E-state index contributed by atoms with van der Waals surface area (Å²) in [6, 6.07) is 34.2. The van der Waals surface area contributed by atoms with Gasteiger partial charge in [-0.05, 0) is 127 Å². The van der Waals surface area contributed by atoms with Crippen LogP contribution in [-0.2, 0) is 4.79 Å². The van der Waals surface area contributed by atoms with E-state index >= 15 is 0 Å². The van der Waals surface area contributed by atoms with Gasteiger partial charge in [0.1, 0.15) is 28.7 Å². The van der Waals surface area contributed by atoms with E-state index in [1.165, 1.54) is 25.7 Å². The first-order chi connectivity index (χ1) is 30.3. The average Bonchev–Trinajstić information content (AvgIpc) is 3.29. The quantitative estimate of drug-likeness (QED) is 0.0294. The zero-order valence-corrected chi connectivity index (χ0v) is 36.7. The van der Waals surface area contributed by atoms with Gasteiger partial charge in [0.05, 0.1) is 29.9 Å². The first-order valence-corrected chi connectivity index (χ1v) is 21.9. The van der Waals surface area contributed by atoms with Gasteiger partial charge in [0.25, 0.3) is 0 Å². The van der Waals surface area contributed by atoms with Crippen LogP contribution in [0.3, 0.4) is 0 Å². The summed E-state index contributed by atoms with van der Waals surface area (Å²) >= 11 is 0. The smallest absolute Gasteiger partial charge is 0.343 e. The number of ether oxygens (including phenoxy) is 5. The zero-order valence-electron chi connectivity index (χ0n) is 36.7. The monoisotopic (exact) mass is 860 g/mol. The van der Waals surface area contributed by atoms with Gasteiger partial charge in [-0.25, -0.2) is 14.4 Å². The minimum absolute atomic E-state index is 0. The Morgan fingerprint density at radius 2 is 0.667 bits per heavy atom. The SMILES string of the molecule is CCCCCCCCOc1ccc(C(=O)Oc2ccc(C(=O)Oc3ccc(-c4ccc(OC(=O)c5ccc(OCCCCCCCCCCC(=O)O)cc5)cc4)cc3)cc2)cc1.[NH4+]. The van der Waals surface area contributed by atoms with Crippen LogP contribution in [0.1, 0.15) is 134 Å². The van der Waals surface area contributed by atoms with Crippen LogP contribution in [0.5, 0.6) is 28.7 Å². The molecule has 5 aromatic carbocycles. The minimum atomic E-state index is -0.722. The Morgan fingerprint density at radius 1 is 0.381 bits per heavy atom. The topological polar surface area (TPSA) is 171 Å². The van der Waals surface area contributed by atoms with Gasteiger partial charge >= 0.3 is 23.9 Å². The third-order valence-corrected chi connectivity index (χ3v) is 10.3. The van der Waals surface area contributed by atoms with E-state index in [-0.39, 0.29) is 12.6 Å². The Bertz CT molecular complexity index is 2120. The van der Waals surface area contributed by atoms with Crippen molar-refractivity contribution in [1.82, 2.24) is 6.15 Å². The fraction of sp³-hybridized carbons (Fsp3) is 0.346. The highest BCUT2D eigenvalue weighted by atomic mass is 16.5. The molecule has 63 heavy (non-hydrogen) atoms. The first-order valence-electron chi connectivity index (χ1n) is 21.9. The molecule has 0 heterocycles. The summed E-state index contributed by atoms with van der Waals surface area (Å²) in [6.45, 7) is 3.46. The van der Waals surface area contributed by atoms with Gasteiger partial charge < -0.3 is 34.9 Å². The molecule has 5 rings (SSSR count). The van der Waals surface area contributed by atoms with Crippen LogP contribution in [0.25, 0.3) is 11.1 Å². The van der Waals surface area contributed by atoms with E-state index in [1.54, 1.807) is 97.1 Å². The predicted molar refractivity (Wildman–Crippen MR) is 246 cm³/mol. The van der Waals surface area contributed by atoms with Crippen molar-refractivity contribution in [3.63, 3.8) is 0 Å². The van der Waals surface area contributed by atoms with Crippen molar-refractivity contribution in [3.8, 4) is 39.9 Å². The van der Waals surface area contributed by atoms with Crippen LogP contribution < -0.4 is 29.8 Å². The summed E-state index contributed by atoms with van der Waals surface area (Å²) in [6.07, 6.45) is 15.6. The van der Waals surface area contributed by atoms with E-state index in [9.17, 15) is 19.2 Å². The first kappa shape index (κ1) is 49.2. The van der Waals surface area contributed by atoms with E-state index in [0.29, 0.717) is 58.7 Å². The van der Waals surface area contributed by atoms with E-state index in [1.807, 2.05) is 24.3 Å². The fourth-order valence-corrected chi connectivity index (χ4v) is 6.66. The molecular formula is C52H62NO10+. The lowest BCUT2D eigenvalue weighted by molar-refractivity contribution is -0.137. The molecule has 0 unspecified atom stereocenters. The second kappa shape index (κ2) is 27.5. The molecule has 0 aromatic heterocycles. The lowest BCUT2D eigenvalue weighted by atomic mass is 10.1. The molecule has 11 nitrogen and oxygen atoms in total. The second-order valence-electron chi connectivity index (χ2n) is 15.2. The Balaban J connectivity index is 0.00000871. The number of aliphatic carboxylic acids is 1. The maximum absolute atomic E-state index is 12.9. The second-order valence-corrected chi connectivity index (χ2v) is 15.2. The molecule has 0 aliphatic rings. The summed E-state index contributed by atoms with van der Waals surface area (Å²) in [5, 5.41) is 8.69. The highest BCUT2D eigenvalue weighted by Gasteiger charge is 2.14. The van der Waals surface area contributed by atoms with Gasteiger partial charge in [-0.15, -0.1) is 0 Å². The minimum Gasteiger partial charge on any atom is -0.494 e. The van der Waals surface area contributed by atoms with E-state index in [0.717, 1.165) is 75.3 Å². The largest absolute Gasteiger partial charge is 0.494 e. The number of unbranched alkanes of at least 4 members (excludes halogenated alkanes) is 12. The third-order valence-electron chi connectivity index (χ3n) is 10.3. The van der Waals surface area contributed by atoms with Crippen molar-refractivity contribution in [2.45, 2.75) is 103 Å². The maximum atomic E-state index is 12.9. The molecule has 0 fully saturated rings. The van der Waals surface area contributed by atoms with Crippen LogP contribution in [-0.4, -0.2) is 42.2 Å². The van der Waals surface area contributed by atoms with E-state index in [4.69, 9.17) is 28.8 Å². The lowest BCUT2D eigenvalue weighted by Crippen LogP contribution is -2.10. The average molecular weight is 861 g/mol. The highest BCUT2D eigenvalue weighted by molar-refractivity contribution is 5.93. The number of carboxylic acids is 1. The molecule has 11 heteroatoms. The number of carbonyl (C=O) groups is 4. The number of quaternary nitrogens is 1. The number of carbonyl (C=O) groups excluding carboxylic acids is 3. The molecule has 0 radical (unpaired) electrons. The van der Waals surface area contributed by atoms with Gasteiger partial charge in [0.15, 0.2) is 0 Å². The number of esters is 3. The summed E-state index contributed by atoms with van der Waals surface area (Å²) in [5.74, 6) is 0.220. The Morgan fingerprint density at radius 3 is 1.00 bits per heavy atom. The van der Waals surface area contributed by atoms with Crippen molar-refractivity contribution < 1.29 is 48.0 Å². The molecule has 0 amide bonds. The van der Waals surface area contributed by atoms with Crippen LogP contribution in [0, 0.1) is 0 Å². The molecule has 0 atom stereocenters. The molecule has 0 spiro atoms. The lowest BCUT2D eigenvalue weighted by Gasteiger charge is -2.09. The summed E-state index contributed by atoms with van der Waals surface area (Å²) in [7, 11) is 0. The number of rotatable bonds is 27. The number of carboxylic acid groups (broad SMARTS) is 1. The normalized spacial score (nSPS) is 10.6. The van der Waals surface area contributed by atoms with E-state index < -0.39 is 23.9 Å². The molecular weight excluding hydrogens is 799 g/mol. The van der Waals surface area contributed by atoms with Crippen LogP contribution in [0.4, 0.5) is 0 Å². The standard InChI is InChI=1S/C52H58O10.H3N/c1-2-3-4-5-11-14-37-58-44-29-23-42(24-30-44)51(56)62-48-35-25-43(26-36-48)52(57)61-47-33-19-40(20-34-47)39-17-31-46(32-18-39)60-50(55)41-21-27-45(28-22-41)59-38-15-12-9-7-6-8-10-13-16-49(53)54;/h17-36H,2-16,37-38H2,1H3,(H,53,54);1H3/p+1. The molecule has 0 aliphatic heterocycles. The molecule has 0 bridgehead atoms. The fourth-order valence-electron chi connectivity index (χ4n) is 6.66. The Labute approximate surface area is 371 Å². The molecule has 5 aromatic rings. The van der Waals surface area contributed by atoms with Gasteiger partial charge in [-0.2, -0.15) is 0 Å². The van der Waals surface area contributed by atoms with Crippen LogP contribution in [0.2, 0.25) is 0 Å². The third kappa shape index (κ3) is 17.8. The van der Waals surface area contributed by atoms with Gasteiger partial charge in [-0.3, -0.25) is 4.79 Å². The zero-order chi connectivity index (χ0) is 43.8. The van der Waals surface area contributed by atoms with Gasteiger partial charge in [0, 0.05) is 6.42 Å². The Hall–Kier alpha value is -6.46. The highest BCUT2D eigenvalue weighted by Crippen LogP contribution is 2.26. The predicted octanol–water partition coefficient (Wildman–Crippen LogP) is 13.1. The Kier molecular flexibility index (Phi) is 21.5. The van der Waals surface area contributed by atoms with Crippen molar-refractivity contribution in [2.24, 2.45) is 0 Å². The molecule has 5 N–H and O–H groups in total. The van der Waals surface area contributed by atoms with Crippen LogP contribution in [0.15, 0.2) is 121 Å². The van der Waals surface area contributed by atoms with Crippen molar-refractivity contribution in [3.05, 3.63) is 138 Å². The van der Waals surface area contributed by atoms with E-state index in [2.05, 4.69) is 6.92 Å². The molecule has 0 aliphatic carbocycles. The number of hydrogen-bond donors (Lipinski definition) is 2. The van der Waals surface area contributed by atoms with Crippen molar-refractivity contribution in [2.75, 3.05) is 13.2 Å². The molecule has 334 valence electrons. The summed E-state index contributed by atoms with van der Waals surface area (Å²) < 4.78 is 28.3. The van der Waals surface area contributed by atoms with Crippen molar-refractivity contribution >= 4 is 23.9 Å². The number of hydrogen-bond acceptors (Lipinski definition) is 9. The number of benzene rings is 5.